The number of hydrogen-bond acceptors (Lipinski definition) is 4. The molecule has 0 saturated carbocycles. The number of fused-ring (bicyclic) bond motifs is 2. The smallest absolute Gasteiger partial charge is 0.201 e. The summed E-state index contributed by atoms with van der Waals surface area (Å²) in [5, 5.41) is 11.6. The van der Waals surface area contributed by atoms with Crippen LogP contribution in [0.3, 0.4) is 0 Å². The number of para-hydroxylation sites is 1. The van der Waals surface area contributed by atoms with Crippen molar-refractivity contribution < 1.29 is 9.84 Å². The van der Waals surface area contributed by atoms with Crippen molar-refractivity contribution >= 4 is 21.8 Å². The van der Waals surface area contributed by atoms with Crippen LogP contribution in [-0.4, -0.2) is 40.8 Å². The zero-order valence-electron chi connectivity index (χ0n) is 15.1. The maximum atomic E-state index is 12.9. The van der Waals surface area contributed by atoms with Gasteiger partial charge in [-0.3, -0.25) is 9.69 Å². The highest BCUT2D eigenvalue weighted by molar-refractivity contribution is 5.97. The van der Waals surface area contributed by atoms with E-state index in [2.05, 4.69) is 4.90 Å². The monoisotopic (exact) mass is 352 g/mol. The quantitative estimate of drug-likeness (QED) is 0.732. The van der Waals surface area contributed by atoms with Gasteiger partial charge < -0.3 is 14.4 Å². The molecule has 3 aromatic rings. The summed E-state index contributed by atoms with van der Waals surface area (Å²) in [4.78, 5) is 15.3. The van der Waals surface area contributed by atoms with E-state index in [0.29, 0.717) is 28.6 Å². The van der Waals surface area contributed by atoms with Gasteiger partial charge >= 0.3 is 0 Å². The largest absolute Gasteiger partial charge is 0.504 e. The molecular weight excluding hydrogens is 328 g/mol. The zero-order valence-corrected chi connectivity index (χ0v) is 15.1. The molecule has 2 heterocycles. The number of nitrogens with zero attached hydrogens (tertiary/aromatic N) is 2. The van der Waals surface area contributed by atoms with E-state index < -0.39 is 0 Å². The number of likely N-dealkylation sites (tertiary alicyclic amines) is 1. The van der Waals surface area contributed by atoms with E-state index in [1.165, 1.54) is 19.3 Å². The fraction of sp³-hybridized carbons (Fsp3) is 0.381. The summed E-state index contributed by atoms with van der Waals surface area (Å²) in [6, 6.07) is 11.1. The number of benzene rings is 2. The lowest BCUT2D eigenvalue weighted by Crippen LogP contribution is -2.33. The first-order chi connectivity index (χ1) is 12.7. The lowest BCUT2D eigenvalue weighted by atomic mass is 10.1. The number of pyridine rings is 1. The molecule has 0 bridgehead atoms. The van der Waals surface area contributed by atoms with E-state index in [4.69, 9.17) is 4.74 Å². The normalized spacial score (nSPS) is 15.6. The maximum absolute atomic E-state index is 12.9. The summed E-state index contributed by atoms with van der Waals surface area (Å²) in [7, 11) is 1.90. The van der Waals surface area contributed by atoms with Gasteiger partial charge in [-0.2, -0.15) is 0 Å². The van der Waals surface area contributed by atoms with E-state index in [0.717, 1.165) is 25.2 Å². The van der Waals surface area contributed by atoms with Crippen LogP contribution in [0.25, 0.3) is 21.8 Å². The highest BCUT2D eigenvalue weighted by atomic mass is 16.5. The molecule has 136 valence electrons. The minimum Gasteiger partial charge on any atom is -0.504 e. The van der Waals surface area contributed by atoms with Crippen LogP contribution in [0.1, 0.15) is 19.3 Å². The third-order valence-corrected chi connectivity index (χ3v) is 5.33. The SMILES string of the molecule is Cn1c2ccccc2c(=O)c2c(O)c(OCCN3CCCCC3)ccc21. The topological polar surface area (TPSA) is 54.7 Å². The molecule has 1 aliphatic rings. The minimum absolute atomic E-state index is 0.0625. The van der Waals surface area contributed by atoms with Crippen molar-refractivity contribution in [2.24, 2.45) is 7.05 Å². The molecule has 5 nitrogen and oxygen atoms in total. The van der Waals surface area contributed by atoms with Gasteiger partial charge in [0.05, 0.1) is 16.4 Å². The first kappa shape index (κ1) is 16.9. The van der Waals surface area contributed by atoms with Gasteiger partial charge in [0, 0.05) is 19.0 Å². The lowest BCUT2D eigenvalue weighted by Gasteiger charge is -2.26. The number of rotatable bonds is 4. The van der Waals surface area contributed by atoms with Gasteiger partial charge in [0.15, 0.2) is 11.5 Å². The molecule has 5 heteroatoms. The molecule has 1 saturated heterocycles. The number of ether oxygens (including phenoxy) is 1. The average Bonchev–Trinajstić information content (AvgIpc) is 2.68. The number of piperidine rings is 1. The van der Waals surface area contributed by atoms with Gasteiger partial charge in [-0.15, -0.1) is 0 Å². The number of aromatic hydroxyl groups is 1. The Kier molecular flexibility index (Phi) is 4.55. The standard InChI is InChI=1S/C21H24N2O3/c1-22-16-8-4-3-7-15(16)20(24)19-17(22)9-10-18(21(19)25)26-14-13-23-11-5-2-6-12-23/h3-4,7-10,25H,2,5-6,11-14H2,1H3. The van der Waals surface area contributed by atoms with Crippen molar-refractivity contribution in [1.29, 1.82) is 0 Å². The van der Waals surface area contributed by atoms with Crippen LogP contribution in [0.5, 0.6) is 11.5 Å². The Hall–Kier alpha value is -2.53. The Morgan fingerprint density at radius 2 is 1.81 bits per heavy atom. The molecule has 1 aromatic heterocycles. The summed E-state index contributed by atoms with van der Waals surface area (Å²) < 4.78 is 7.75. The fourth-order valence-electron chi connectivity index (χ4n) is 3.87. The summed E-state index contributed by atoms with van der Waals surface area (Å²) in [6.45, 7) is 3.57. The summed E-state index contributed by atoms with van der Waals surface area (Å²) in [5.74, 6) is 0.314. The van der Waals surface area contributed by atoms with Gasteiger partial charge in [0.1, 0.15) is 6.61 Å². The van der Waals surface area contributed by atoms with Crippen molar-refractivity contribution in [1.82, 2.24) is 9.47 Å². The minimum atomic E-state index is -0.160. The Labute approximate surface area is 152 Å². The Balaban J connectivity index is 1.67. The molecule has 2 aromatic carbocycles. The molecule has 26 heavy (non-hydrogen) atoms. The van der Waals surface area contributed by atoms with Crippen LogP contribution in [-0.2, 0) is 7.05 Å². The summed E-state index contributed by atoms with van der Waals surface area (Å²) >= 11 is 0. The second-order valence-electron chi connectivity index (χ2n) is 6.96. The summed E-state index contributed by atoms with van der Waals surface area (Å²) in [5.41, 5.74) is 1.39. The van der Waals surface area contributed by atoms with E-state index in [-0.39, 0.29) is 11.2 Å². The number of phenolic OH excluding ortho intramolecular Hbond substituents is 1. The van der Waals surface area contributed by atoms with Crippen LogP contribution in [0.4, 0.5) is 0 Å². The third-order valence-electron chi connectivity index (χ3n) is 5.33. The Morgan fingerprint density at radius 1 is 1.04 bits per heavy atom. The molecule has 0 atom stereocenters. The predicted molar refractivity (Wildman–Crippen MR) is 104 cm³/mol. The van der Waals surface area contributed by atoms with Crippen LogP contribution < -0.4 is 10.2 Å². The molecule has 4 rings (SSSR count). The molecule has 0 amide bonds. The second-order valence-corrected chi connectivity index (χ2v) is 6.96. The molecule has 1 aliphatic heterocycles. The highest BCUT2D eigenvalue weighted by Crippen LogP contribution is 2.33. The molecule has 1 N–H and O–H groups in total. The van der Waals surface area contributed by atoms with Crippen molar-refractivity contribution in [3.63, 3.8) is 0 Å². The van der Waals surface area contributed by atoms with Crippen molar-refractivity contribution in [2.45, 2.75) is 19.3 Å². The number of aryl methyl sites for hydroxylation is 1. The predicted octanol–water partition coefficient (Wildman–Crippen LogP) is 3.26. The van der Waals surface area contributed by atoms with Gasteiger partial charge in [0.25, 0.3) is 0 Å². The second kappa shape index (κ2) is 7.00. The fourth-order valence-corrected chi connectivity index (χ4v) is 3.87. The maximum Gasteiger partial charge on any atom is 0.201 e. The zero-order chi connectivity index (χ0) is 18.1. The Morgan fingerprint density at radius 3 is 2.62 bits per heavy atom. The van der Waals surface area contributed by atoms with Crippen LogP contribution in [0.2, 0.25) is 0 Å². The van der Waals surface area contributed by atoms with Crippen LogP contribution in [0.15, 0.2) is 41.2 Å². The van der Waals surface area contributed by atoms with Gasteiger partial charge in [0.2, 0.25) is 5.43 Å². The number of aromatic nitrogens is 1. The molecular formula is C21H24N2O3. The molecule has 0 radical (unpaired) electrons. The average molecular weight is 352 g/mol. The van der Waals surface area contributed by atoms with Crippen LogP contribution >= 0.6 is 0 Å². The van der Waals surface area contributed by atoms with Crippen molar-refractivity contribution in [2.75, 3.05) is 26.2 Å². The first-order valence-corrected chi connectivity index (χ1v) is 9.25. The van der Waals surface area contributed by atoms with Gasteiger partial charge in [-0.05, 0) is 50.2 Å². The highest BCUT2D eigenvalue weighted by Gasteiger charge is 2.16. The van der Waals surface area contributed by atoms with E-state index in [9.17, 15) is 9.90 Å². The van der Waals surface area contributed by atoms with E-state index in [1.807, 2.05) is 35.9 Å². The van der Waals surface area contributed by atoms with Crippen molar-refractivity contribution in [3.05, 3.63) is 46.6 Å². The lowest BCUT2D eigenvalue weighted by molar-refractivity contribution is 0.181. The van der Waals surface area contributed by atoms with Crippen LogP contribution in [0, 0.1) is 0 Å². The first-order valence-electron chi connectivity index (χ1n) is 9.25. The van der Waals surface area contributed by atoms with E-state index in [1.54, 1.807) is 12.1 Å². The molecule has 1 fully saturated rings. The van der Waals surface area contributed by atoms with Gasteiger partial charge in [-0.25, -0.2) is 0 Å². The summed E-state index contributed by atoms with van der Waals surface area (Å²) in [6.07, 6.45) is 3.79. The molecule has 0 spiro atoms. The number of phenols is 1. The van der Waals surface area contributed by atoms with Crippen molar-refractivity contribution in [3.8, 4) is 11.5 Å². The third kappa shape index (κ3) is 2.92. The molecule has 0 aliphatic carbocycles. The van der Waals surface area contributed by atoms with Gasteiger partial charge in [-0.1, -0.05) is 18.6 Å². The van der Waals surface area contributed by atoms with E-state index >= 15 is 0 Å². The Bertz CT molecular complexity index is 1000. The number of hydrogen-bond donors (Lipinski definition) is 1. The molecule has 0 unspecified atom stereocenters.